The first-order valence-corrected chi connectivity index (χ1v) is 10.6. The summed E-state index contributed by atoms with van der Waals surface area (Å²) in [6.07, 6.45) is 7.30. The van der Waals surface area contributed by atoms with Gasteiger partial charge in [0.25, 0.3) is 0 Å². The molecule has 162 valence electrons. The lowest BCUT2D eigenvalue weighted by molar-refractivity contribution is 0.355. The van der Waals surface area contributed by atoms with E-state index in [0.717, 1.165) is 22.7 Å². The van der Waals surface area contributed by atoms with E-state index in [0.29, 0.717) is 23.0 Å². The molecular formula is C22H16BrF3N6. The number of nitrogens with zero attached hydrogens (tertiary/aromatic N) is 6. The van der Waals surface area contributed by atoms with E-state index < -0.39 is 23.8 Å². The van der Waals surface area contributed by atoms with E-state index in [4.69, 9.17) is 0 Å². The Labute approximate surface area is 189 Å². The first kappa shape index (κ1) is 20.6. The summed E-state index contributed by atoms with van der Waals surface area (Å²) in [7, 11) is 0. The summed E-state index contributed by atoms with van der Waals surface area (Å²) in [6.45, 7) is 0.0335. The van der Waals surface area contributed by atoms with Crippen molar-refractivity contribution in [1.29, 1.82) is 0 Å². The van der Waals surface area contributed by atoms with Gasteiger partial charge in [-0.05, 0) is 58.4 Å². The van der Waals surface area contributed by atoms with Gasteiger partial charge in [-0.1, -0.05) is 0 Å². The van der Waals surface area contributed by atoms with Gasteiger partial charge >= 0.3 is 0 Å². The van der Waals surface area contributed by atoms with Crippen molar-refractivity contribution in [2.75, 3.05) is 11.4 Å². The number of alkyl halides is 1. The number of aromatic nitrogens is 5. The van der Waals surface area contributed by atoms with E-state index in [2.05, 4.69) is 36.0 Å². The predicted molar refractivity (Wildman–Crippen MR) is 118 cm³/mol. The molecule has 0 bridgehead atoms. The topological polar surface area (TPSA) is 59.2 Å². The molecule has 1 fully saturated rings. The number of benzene rings is 1. The molecule has 6 nitrogen and oxygen atoms in total. The summed E-state index contributed by atoms with van der Waals surface area (Å²) in [4.78, 5) is 14.4. The lowest BCUT2D eigenvalue weighted by Crippen LogP contribution is -2.26. The van der Waals surface area contributed by atoms with Crippen LogP contribution in [0.3, 0.4) is 0 Å². The Morgan fingerprint density at radius 1 is 1.00 bits per heavy atom. The van der Waals surface area contributed by atoms with E-state index in [1.807, 2.05) is 0 Å². The Bertz CT molecular complexity index is 1310. The second kappa shape index (κ2) is 8.34. The quantitative estimate of drug-likeness (QED) is 0.393. The molecule has 1 aliphatic rings. The average molecular weight is 501 g/mol. The Balaban J connectivity index is 1.50. The first-order chi connectivity index (χ1) is 15.5. The molecule has 4 aromatic rings. The number of hydrogen-bond donors (Lipinski definition) is 0. The van der Waals surface area contributed by atoms with Gasteiger partial charge in [0, 0.05) is 24.4 Å². The molecule has 1 aliphatic heterocycles. The molecule has 32 heavy (non-hydrogen) atoms. The largest absolute Gasteiger partial charge is 0.345 e. The number of fused-ring (bicyclic) bond motifs is 1. The van der Waals surface area contributed by atoms with Crippen LogP contribution < -0.4 is 4.90 Å². The Morgan fingerprint density at radius 3 is 2.62 bits per heavy atom. The first-order valence-electron chi connectivity index (χ1n) is 9.84. The zero-order valence-corrected chi connectivity index (χ0v) is 18.1. The van der Waals surface area contributed by atoms with Crippen molar-refractivity contribution in [3.05, 3.63) is 82.1 Å². The van der Waals surface area contributed by atoms with Crippen LogP contribution in [0.15, 0.2) is 53.4 Å². The highest BCUT2D eigenvalue weighted by Gasteiger charge is 2.36. The highest BCUT2D eigenvalue weighted by molar-refractivity contribution is 9.10. The van der Waals surface area contributed by atoms with Crippen molar-refractivity contribution in [3.63, 3.8) is 0 Å². The van der Waals surface area contributed by atoms with Crippen LogP contribution in [0.5, 0.6) is 0 Å². The molecule has 2 atom stereocenters. The van der Waals surface area contributed by atoms with Gasteiger partial charge in [0.05, 0.1) is 29.0 Å². The Morgan fingerprint density at radius 2 is 1.81 bits per heavy atom. The molecule has 4 heterocycles. The van der Waals surface area contributed by atoms with Crippen molar-refractivity contribution < 1.29 is 13.2 Å². The van der Waals surface area contributed by atoms with Crippen molar-refractivity contribution in [1.82, 2.24) is 24.6 Å². The molecule has 10 heteroatoms. The SMILES string of the molecule is Fc1ccc(F)c([C@H]2C[C@H](F)CN2c2ccc3ncc(/C=C/c4ncc(Br)cn4)n3n2)c1. The molecule has 0 N–H and O–H groups in total. The summed E-state index contributed by atoms with van der Waals surface area (Å²) in [5.41, 5.74) is 1.37. The monoisotopic (exact) mass is 500 g/mol. The van der Waals surface area contributed by atoms with Gasteiger partial charge in [-0.15, -0.1) is 5.10 Å². The van der Waals surface area contributed by atoms with Gasteiger partial charge < -0.3 is 4.90 Å². The van der Waals surface area contributed by atoms with Crippen LogP contribution >= 0.6 is 15.9 Å². The van der Waals surface area contributed by atoms with Crippen LogP contribution in [0.1, 0.15) is 29.5 Å². The summed E-state index contributed by atoms with van der Waals surface area (Å²) in [5, 5.41) is 4.60. The fraction of sp³-hybridized carbons (Fsp3) is 0.182. The van der Waals surface area contributed by atoms with Crippen LogP contribution in [-0.4, -0.2) is 37.3 Å². The van der Waals surface area contributed by atoms with Crippen molar-refractivity contribution in [2.45, 2.75) is 18.6 Å². The summed E-state index contributed by atoms with van der Waals surface area (Å²) >= 11 is 3.29. The zero-order valence-electron chi connectivity index (χ0n) is 16.5. The standard InChI is InChI=1S/C22H16BrF3N6/c23-13-9-27-20(28-10-13)4-2-16-11-29-21-5-6-22(30-32(16)21)31-12-15(25)8-19(31)17-7-14(24)1-3-18(17)26/h1-7,9-11,15,19H,8,12H2/b4-2+/t15-,19+/m0/s1. The van der Waals surface area contributed by atoms with Crippen LogP contribution in [0.4, 0.5) is 19.0 Å². The van der Waals surface area contributed by atoms with Gasteiger partial charge in [-0.3, -0.25) is 0 Å². The number of halogens is 4. The molecule has 0 aliphatic carbocycles. The highest BCUT2D eigenvalue weighted by atomic mass is 79.9. The molecule has 0 spiro atoms. The van der Waals surface area contributed by atoms with Gasteiger partial charge in [0.1, 0.15) is 23.6 Å². The van der Waals surface area contributed by atoms with Gasteiger partial charge in [0.2, 0.25) is 0 Å². The average Bonchev–Trinajstić information content (AvgIpc) is 3.38. The minimum absolute atomic E-state index is 0.0335. The van der Waals surface area contributed by atoms with Crippen LogP contribution in [-0.2, 0) is 0 Å². The van der Waals surface area contributed by atoms with E-state index >= 15 is 0 Å². The molecule has 3 aromatic heterocycles. The third-order valence-electron chi connectivity index (χ3n) is 5.28. The molecule has 0 unspecified atom stereocenters. The maximum absolute atomic E-state index is 14.4. The highest BCUT2D eigenvalue weighted by Crippen LogP contribution is 2.38. The van der Waals surface area contributed by atoms with Crippen LogP contribution in [0.25, 0.3) is 17.8 Å². The van der Waals surface area contributed by atoms with E-state index in [1.54, 1.807) is 52.3 Å². The molecule has 0 saturated carbocycles. The predicted octanol–water partition coefficient (Wildman–Crippen LogP) is 5.02. The smallest absolute Gasteiger partial charge is 0.154 e. The number of rotatable bonds is 4. The molecule has 5 rings (SSSR count). The summed E-state index contributed by atoms with van der Waals surface area (Å²) in [6, 6.07) is 6.02. The van der Waals surface area contributed by atoms with Crippen molar-refractivity contribution in [2.24, 2.45) is 0 Å². The summed E-state index contributed by atoms with van der Waals surface area (Å²) in [5.74, 6) is -0.179. The fourth-order valence-electron chi connectivity index (χ4n) is 3.82. The van der Waals surface area contributed by atoms with Gasteiger partial charge in [0.15, 0.2) is 11.5 Å². The van der Waals surface area contributed by atoms with E-state index in [9.17, 15) is 13.2 Å². The third kappa shape index (κ3) is 3.97. The minimum atomic E-state index is -1.18. The molecule has 1 aromatic carbocycles. The Kier molecular flexibility index (Phi) is 5.38. The molecule has 1 saturated heterocycles. The maximum atomic E-state index is 14.4. The van der Waals surface area contributed by atoms with Crippen molar-refractivity contribution >= 4 is 39.5 Å². The lowest BCUT2D eigenvalue weighted by Gasteiger charge is -2.26. The van der Waals surface area contributed by atoms with Gasteiger partial charge in [-0.25, -0.2) is 32.6 Å². The minimum Gasteiger partial charge on any atom is -0.345 e. The fourth-order valence-corrected chi connectivity index (χ4v) is 4.02. The second-order valence-corrected chi connectivity index (χ2v) is 8.32. The molecular weight excluding hydrogens is 485 g/mol. The second-order valence-electron chi connectivity index (χ2n) is 7.40. The van der Waals surface area contributed by atoms with Crippen molar-refractivity contribution in [3.8, 4) is 0 Å². The number of hydrogen-bond acceptors (Lipinski definition) is 5. The van der Waals surface area contributed by atoms with Gasteiger partial charge in [-0.2, -0.15) is 0 Å². The maximum Gasteiger partial charge on any atom is 0.154 e. The zero-order chi connectivity index (χ0) is 22.2. The molecule has 0 amide bonds. The van der Waals surface area contributed by atoms with Crippen LogP contribution in [0.2, 0.25) is 0 Å². The third-order valence-corrected chi connectivity index (χ3v) is 5.69. The normalized spacial score (nSPS) is 18.8. The van der Waals surface area contributed by atoms with Crippen LogP contribution in [0, 0.1) is 11.6 Å². The molecule has 0 radical (unpaired) electrons. The summed E-state index contributed by atoms with van der Waals surface area (Å²) < 4.78 is 44.9. The lowest BCUT2D eigenvalue weighted by atomic mass is 10.0. The number of anilines is 1. The Hall–Kier alpha value is -3.27. The van der Waals surface area contributed by atoms with E-state index in [-0.39, 0.29) is 18.5 Å². The number of imidazole rings is 1. The van der Waals surface area contributed by atoms with E-state index in [1.165, 1.54) is 0 Å².